The van der Waals surface area contributed by atoms with E-state index in [1.54, 1.807) is 12.1 Å². The highest BCUT2D eigenvalue weighted by atomic mass is 35.5. The van der Waals surface area contributed by atoms with Crippen molar-refractivity contribution in [2.24, 2.45) is 0 Å². The Hall–Kier alpha value is -1.10. The predicted molar refractivity (Wildman–Crippen MR) is 81.0 cm³/mol. The number of para-hydroxylation sites is 1. The molecule has 0 unspecified atom stereocenters. The van der Waals surface area contributed by atoms with Crippen molar-refractivity contribution in [1.29, 1.82) is 0 Å². The molecule has 0 radical (unpaired) electrons. The van der Waals surface area contributed by atoms with Gasteiger partial charge in [-0.25, -0.2) is 0 Å². The van der Waals surface area contributed by atoms with E-state index in [-0.39, 0.29) is 24.6 Å². The topological polar surface area (TPSA) is 61.4 Å². The maximum atomic E-state index is 12.0. The summed E-state index contributed by atoms with van der Waals surface area (Å²) in [5.74, 6) is -0.142. The molecule has 1 fully saturated rings. The van der Waals surface area contributed by atoms with Gasteiger partial charge in [0.15, 0.2) is 0 Å². The summed E-state index contributed by atoms with van der Waals surface area (Å²) < 4.78 is 0. The number of rotatable bonds is 5. The Morgan fingerprint density at radius 1 is 1.25 bits per heavy atom. The molecule has 0 aliphatic heterocycles. The summed E-state index contributed by atoms with van der Waals surface area (Å²) in [6.45, 7) is 0.262. The maximum absolute atomic E-state index is 12.0. The lowest BCUT2D eigenvalue weighted by atomic mass is 9.82. The summed E-state index contributed by atoms with van der Waals surface area (Å²) in [7, 11) is 0. The lowest BCUT2D eigenvalue weighted by molar-refractivity contribution is -0.116. The van der Waals surface area contributed by atoms with Crippen LogP contribution in [0.2, 0.25) is 5.02 Å². The standard InChI is InChI=1S/C15H21ClN2O2/c16-12-6-2-3-7-13(12)18-14(20)10-17-15(11-19)8-4-1-5-9-15/h2-3,6-7,17,19H,1,4-5,8-11H2,(H,18,20). The van der Waals surface area contributed by atoms with Gasteiger partial charge in [-0.1, -0.05) is 43.0 Å². The fourth-order valence-electron chi connectivity index (χ4n) is 2.64. The van der Waals surface area contributed by atoms with Crippen molar-refractivity contribution in [3.05, 3.63) is 29.3 Å². The van der Waals surface area contributed by atoms with Gasteiger partial charge in [0.25, 0.3) is 0 Å². The third kappa shape index (κ3) is 3.95. The lowest BCUT2D eigenvalue weighted by Crippen LogP contribution is -2.52. The van der Waals surface area contributed by atoms with Gasteiger partial charge in [-0.15, -0.1) is 0 Å². The van der Waals surface area contributed by atoms with E-state index in [4.69, 9.17) is 11.6 Å². The number of halogens is 1. The molecule has 1 aliphatic carbocycles. The Bertz CT molecular complexity index is 459. The zero-order chi connectivity index (χ0) is 14.4. The van der Waals surface area contributed by atoms with Gasteiger partial charge >= 0.3 is 0 Å². The first kappa shape index (κ1) is 15.3. The summed E-state index contributed by atoms with van der Waals surface area (Å²) in [4.78, 5) is 12.0. The molecule has 0 heterocycles. The van der Waals surface area contributed by atoms with Gasteiger partial charge in [0.1, 0.15) is 0 Å². The molecule has 0 spiro atoms. The van der Waals surface area contributed by atoms with E-state index in [1.807, 2.05) is 12.1 Å². The molecule has 20 heavy (non-hydrogen) atoms. The second kappa shape index (κ2) is 7.07. The van der Waals surface area contributed by atoms with E-state index in [0.717, 1.165) is 25.7 Å². The molecule has 0 aromatic heterocycles. The average Bonchev–Trinajstić information content (AvgIpc) is 2.49. The molecule has 2 rings (SSSR count). The molecule has 0 bridgehead atoms. The predicted octanol–water partition coefficient (Wildman–Crippen LogP) is 2.56. The van der Waals surface area contributed by atoms with Crippen LogP contribution < -0.4 is 10.6 Å². The van der Waals surface area contributed by atoms with Crippen molar-refractivity contribution in [2.45, 2.75) is 37.6 Å². The first-order chi connectivity index (χ1) is 9.65. The molecule has 1 aromatic rings. The molecule has 5 heteroatoms. The Balaban J connectivity index is 1.87. The Morgan fingerprint density at radius 2 is 1.95 bits per heavy atom. The van der Waals surface area contributed by atoms with Gasteiger partial charge < -0.3 is 15.7 Å². The van der Waals surface area contributed by atoms with E-state index < -0.39 is 0 Å². The number of nitrogens with one attached hydrogen (secondary N) is 2. The van der Waals surface area contributed by atoms with Crippen molar-refractivity contribution in [1.82, 2.24) is 5.32 Å². The molecule has 1 aliphatic rings. The molecule has 0 saturated heterocycles. The van der Waals surface area contributed by atoms with Crippen LogP contribution >= 0.6 is 11.6 Å². The number of hydrogen-bond donors (Lipinski definition) is 3. The number of aliphatic hydroxyl groups excluding tert-OH is 1. The Labute approximate surface area is 124 Å². The van der Waals surface area contributed by atoms with Gasteiger partial charge in [-0.2, -0.15) is 0 Å². The summed E-state index contributed by atoms with van der Waals surface area (Å²) in [6, 6.07) is 7.15. The first-order valence-corrected chi connectivity index (χ1v) is 7.43. The summed E-state index contributed by atoms with van der Waals surface area (Å²) in [6.07, 6.45) is 5.24. The van der Waals surface area contributed by atoms with Gasteiger partial charge in [0, 0.05) is 5.54 Å². The van der Waals surface area contributed by atoms with Crippen molar-refractivity contribution in [3.63, 3.8) is 0 Å². The molecule has 0 atom stereocenters. The summed E-state index contributed by atoms with van der Waals surface area (Å²) >= 11 is 6.00. The van der Waals surface area contributed by atoms with Crippen LogP contribution in [0.25, 0.3) is 0 Å². The number of carbonyl (C=O) groups is 1. The van der Waals surface area contributed by atoms with Crippen molar-refractivity contribution in [3.8, 4) is 0 Å². The normalized spacial score (nSPS) is 17.7. The van der Waals surface area contributed by atoms with E-state index >= 15 is 0 Å². The van der Waals surface area contributed by atoms with Crippen LogP contribution in [0.15, 0.2) is 24.3 Å². The molecule has 1 saturated carbocycles. The van der Waals surface area contributed by atoms with E-state index in [1.165, 1.54) is 6.42 Å². The third-order valence-electron chi connectivity index (χ3n) is 3.89. The van der Waals surface area contributed by atoms with Crippen LogP contribution in [0.4, 0.5) is 5.69 Å². The Kier molecular flexibility index (Phi) is 5.40. The van der Waals surface area contributed by atoms with Crippen molar-refractivity contribution >= 4 is 23.2 Å². The highest BCUT2D eigenvalue weighted by Gasteiger charge is 2.31. The van der Waals surface area contributed by atoms with Gasteiger partial charge in [-0.05, 0) is 25.0 Å². The molecule has 1 aromatic carbocycles. The van der Waals surface area contributed by atoms with Crippen LogP contribution in [0.1, 0.15) is 32.1 Å². The van der Waals surface area contributed by atoms with E-state index in [9.17, 15) is 9.90 Å². The SMILES string of the molecule is O=C(CNC1(CO)CCCCC1)Nc1ccccc1Cl. The van der Waals surface area contributed by atoms with E-state index in [2.05, 4.69) is 10.6 Å². The van der Waals surface area contributed by atoms with Crippen molar-refractivity contribution < 1.29 is 9.90 Å². The third-order valence-corrected chi connectivity index (χ3v) is 4.21. The number of aliphatic hydroxyl groups is 1. The van der Waals surface area contributed by atoms with Crippen LogP contribution in [0.3, 0.4) is 0 Å². The highest BCUT2D eigenvalue weighted by molar-refractivity contribution is 6.33. The number of anilines is 1. The summed E-state index contributed by atoms with van der Waals surface area (Å²) in [5, 5.41) is 16.1. The smallest absolute Gasteiger partial charge is 0.238 e. The number of benzene rings is 1. The quantitative estimate of drug-likeness (QED) is 0.782. The van der Waals surface area contributed by atoms with Crippen LogP contribution in [-0.4, -0.2) is 29.7 Å². The number of amides is 1. The van der Waals surface area contributed by atoms with E-state index in [0.29, 0.717) is 10.7 Å². The van der Waals surface area contributed by atoms with Gasteiger partial charge in [0.05, 0.1) is 23.9 Å². The molecule has 1 amide bonds. The second-order valence-corrected chi connectivity index (χ2v) is 5.79. The second-order valence-electron chi connectivity index (χ2n) is 5.38. The number of carbonyl (C=O) groups excluding carboxylic acids is 1. The number of hydrogen-bond acceptors (Lipinski definition) is 3. The maximum Gasteiger partial charge on any atom is 0.238 e. The molecular weight excluding hydrogens is 276 g/mol. The highest BCUT2D eigenvalue weighted by Crippen LogP contribution is 2.27. The minimum atomic E-state index is -0.296. The minimum Gasteiger partial charge on any atom is -0.394 e. The Morgan fingerprint density at radius 3 is 2.60 bits per heavy atom. The fraction of sp³-hybridized carbons (Fsp3) is 0.533. The van der Waals surface area contributed by atoms with Crippen LogP contribution in [0.5, 0.6) is 0 Å². The lowest BCUT2D eigenvalue weighted by Gasteiger charge is -2.36. The first-order valence-electron chi connectivity index (χ1n) is 7.05. The average molecular weight is 297 g/mol. The minimum absolute atomic E-state index is 0.0758. The largest absolute Gasteiger partial charge is 0.394 e. The van der Waals surface area contributed by atoms with Crippen LogP contribution in [0, 0.1) is 0 Å². The fourth-order valence-corrected chi connectivity index (χ4v) is 2.83. The molecular formula is C15H21ClN2O2. The van der Waals surface area contributed by atoms with Gasteiger partial charge in [0.2, 0.25) is 5.91 Å². The molecule has 3 N–H and O–H groups in total. The molecule has 110 valence electrons. The molecule has 4 nitrogen and oxygen atoms in total. The summed E-state index contributed by atoms with van der Waals surface area (Å²) in [5.41, 5.74) is 0.318. The zero-order valence-electron chi connectivity index (χ0n) is 11.5. The monoisotopic (exact) mass is 296 g/mol. The van der Waals surface area contributed by atoms with Crippen molar-refractivity contribution in [2.75, 3.05) is 18.5 Å². The van der Waals surface area contributed by atoms with Crippen LogP contribution in [-0.2, 0) is 4.79 Å². The zero-order valence-corrected chi connectivity index (χ0v) is 12.2. The van der Waals surface area contributed by atoms with Gasteiger partial charge in [-0.3, -0.25) is 4.79 Å².